The lowest BCUT2D eigenvalue weighted by Crippen LogP contribution is -2.40. The van der Waals surface area contributed by atoms with Crippen LogP contribution in [-0.2, 0) is 14.8 Å². The third-order valence-corrected chi connectivity index (χ3v) is 4.10. The third kappa shape index (κ3) is 10.1. The van der Waals surface area contributed by atoms with E-state index in [4.69, 9.17) is 0 Å². The highest BCUT2D eigenvalue weighted by molar-refractivity contribution is 7.89. The van der Waals surface area contributed by atoms with E-state index < -0.39 is 10.0 Å². The zero-order chi connectivity index (χ0) is 13.6. The van der Waals surface area contributed by atoms with Gasteiger partial charge in [-0.3, -0.25) is 4.79 Å². The molecule has 1 aliphatic carbocycles. The van der Waals surface area contributed by atoms with Gasteiger partial charge in [-0.25, -0.2) is 13.1 Å². The SMILES string of the molecule is CC(C)NS(=O)(=O)CCNC(=O)CNCC1CC1.Cl. The summed E-state index contributed by atoms with van der Waals surface area (Å²) in [6.07, 6.45) is 2.49. The molecule has 114 valence electrons. The number of carbonyl (C=O) groups excluding carboxylic acids is 1. The zero-order valence-electron chi connectivity index (χ0n) is 11.4. The van der Waals surface area contributed by atoms with Crippen molar-refractivity contribution in [3.8, 4) is 0 Å². The lowest BCUT2D eigenvalue weighted by molar-refractivity contribution is -0.120. The van der Waals surface area contributed by atoms with E-state index in [1.54, 1.807) is 13.8 Å². The molecule has 3 N–H and O–H groups in total. The highest BCUT2D eigenvalue weighted by Crippen LogP contribution is 2.27. The van der Waals surface area contributed by atoms with E-state index in [1.165, 1.54) is 12.8 Å². The van der Waals surface area contributed by atoms with Gasteiger partial charge in [0.1, 0.15) is 0 Å². The molecular formula is C11H24ClN3O3S. The largest absolute Gasteiger partial charge is 0.354 e. The van der Waals surface area contributed by atoms with Crippen molar-refractivity contribution in [2.75, 3.05) is 25.4 Å². The van der Waals surface area contributed by atoms with Crippen LogP contribution in [0.2, 0.25) is 0 Å². The van der Waals surface area contributed by atoms with Crippen molar-refractivity contribution < 1.29 is 13.2 Å². The summed E-state index contributed by atoms with van der Waals surface area (Å²) >= 11 is 0. The number of hydrogen-bond donors (Lipinski definition) is 3. The van der Waals surface area contributed by atoms with Crippen LogP contribution in [0.4, 0.5) is 0 Å². The topological polar surface area (TPSA) is 87.3 Å². The maximum Gasteiger partial charge on any atom is 0.233 e. The fraction of sp³-hybridized carbons (Fsp3) is 0.909. The van der Waals surface area contributed by atoms with Gasteiger partial charge in [-0.05, 0) is 39.2 Å². The fourth-order valence-corrected chi connectivity index (χ4v) is 2.72. The normalized spacial score (nSPS) is 15.1. The number of rotatable bonds is 9. The molecule has 0 bridgehead atoms. The summed E-state index contributed by atoms with van der Waals surface area (Å²) in [7, 11) is -3.29. The van der Waals surface area contributed by atoms with Crippen LogP contribution >= 0.6 is 12.4 Å². The van der Waals surface area contributed by atoms with E-state index in [-0.39, 0.29) is 43.2 Å². The highest BCUT2D eigenvalue weighted by atomic mass is 35.5. The molecule has 19 heavy (non-hydrogen) atoms. The second-order valence-corrected chi connectivity index (χ2v) is 6.89. The minimum Gasteiger partial charge on any atom is -0.354 e. The van der Waals surface area contributed by atoms with Crippen LogP contribution in [0.5, 0.6) is 0 Å². The van der Waals surface area contributed by atoms with Crippen LogP contribution in [0.1, 0.15) is 26.7 Å². The quantitative estimate of drug-likeness (QED) is 0.552. The predicted molar refractivity (Wildman–Crippen MR) is 77.9 cm³/mol. The molecule has 0 radical (unpaired) electrons. The summed E-state index contributed by atoms with van der Waals surface area (Å²) in [4.78, 5) is 11.4. The Morgan fingerprint density at radius 1 is 1.32 bits per heavy atom. The van der Waals surface area contributed by atoms with Crippen molar-refractivity contribution >= 4 is 28.3 Å². The molecule has 1 rings (SSSR count). The lowest BCUT2D eigenvalue weighted by Gasteiger charge is -2.10. The molecule has 0 aromatic heterocycles. The molecule has 0 unspecified atom stereocenters. The Morgan fingerprint density at radius 2 is 1.95 bits per heavy atom. The van der Waals surface area contributed by atoms with Gasteiger partial charge in [-0.15, -0.1) is 12.4 Å². The lowest BCUT2D eigenvalue weighted by atomic mass is 10.4. The molecule has 0 aromatic carbocycles. The van der Waals surface area contributed by atoms with Crippen molar-refractivity contribution in [3.05, 3.63) is 0 Å². The van der Waals surface area contributed by atoms with E-state index in [2.05, 4.69) is 15.4 Å². The molecule has 1 amide bonds. The summed E-state index contributed by atoms with van der Waals surface area (Å²) in [6.45, 7) is 4.80. The zero-order valence-corrected chi connectivity index (χ0v) is 13.1. The minimum atomic E-state index is -3.29. The number of nitrogens with one attached hydrogen (secondary N) is 3. The number of amides is 1. The molecule has 6 nitrogen and oxygen atoms in total. The summed E-state index contributed by atoms with van der Waals surface area (Å²) in [5.74, 6) is 0.489. The van der Waals surface area contributed by atoms with E-state index in [1.807, 2.05) is 0 Å². The van der Waals surface area contributed by atoms with E-state index >= 15 is 0 Å². The minimum absolute atomic E-state index is 0. The molecule has 0 aliphatic heterocycles. The van der Waals surface area contributed by atoms with Gasteiger partial charge in [0.15, 0.2) is 0 Å². The molecule has 8 heteroatoms. The average molecular weight is 314 g/mol. The van der Waals surface area contributed by atoms with E-state index in [0.717, 1.165) is 12.5 Å². The summed E-state index contributed by atoms with van der Waals surface area (Å²) in [6, 6.07) is -0.120. The predicted octanol–water partition coefficient (Wildman–Crippen LogP) is -0.148. The maximum absolute atomic E-state index is 11.5. The smallest absolute Gasteiger partial charge is 0.233 e. The van der Waals surface area contributed by atoms with Crippen LogP contribution in [0.15, 0.2) is 0 Å². The van der Waals surface area contributed by atoms with Gasteiger partial charge in [-0.2, -0.15) is 0 Å². The molecule has 0 heterocycles. The van der Waals surface area contributed by atoms with Gasteiger partial charge in [-0.1, -0.05) is 0 Å². The van der Waals surface area contributed by atoms with Crippen molar-refractivity contribution in [3.63, 3.8) is 0 Å². The van der Waals surface area contributed by atoms with E-state index in [9.17, 15) is 13.2 Å². The molecule has 0 spiro atoms. The Hall–Kier alpha value is -0.370. The summed E-state index contributed by atoms with van der Waals surface area (Å²) < 4.78 is 25.4. The third-order valence-electron chi connectivity index (χ3n) is 2.52. The number of carbonyl (C=O) groups is 1. The van der Waals surface area contributed by atoms with Gasteiger partial charge in [0.2, 0.25) is 15.9 Å². The second kappa shape index (κ2) is 8.73. The van der Waals surface area contributed by atoms with Crippen molar-refractivity contribution in [1.29, 1.82) is 0 Å². The molecule has 1 saturated carbocycles. The molecule has 1 fully saturated rings. The molecule has 1 aliphatic rings. The van der Waals surface area contributed by atoms with Gasteiger partial charge < -0.3 is 10.6 Å². The van der Waals surface area contributed by atoms with E-state index in [0.29, 0.717) is 0 Å². The van der Waals surface area contributed by atoms with Gasteiger partial charge in [0.25, 0.3) is 0 Å². The first-order valence-corrected chi connectivity index (χ1v) is 8.01. The Kier molecular flexibility index (Phi) is 8.56. The Labute approximate surface area is 121 Å². The molecular weight excluding hydrogens is 290 g/mol. The second-order valence-electron chi connectivity index (χ2n) is 5.02. The van der Waals surface area contributed by atoms with Crippen LogP contribution in [0, 0.1) is 5.92 Å². The first kappa shape index (κ1) is 18.6. The molecule has 0 atom stereocenters. The van der Waals surface area contributed by atoms with Crippen molar-refractivity contribution in [2.24, 2.45) is 5.92 Å². The fourth-order valence-electron chi connectivity index (χ4n) is 1.52. The number of sulfonamides is 1. The number of hydrogen-bond acceptors (Lipinski definition) is 4. The number of halogens is 1. The maximum atomic E-state index is 11.5. The average Bonchev–Trinajstić information content (AvgIpc) is 2.99. The summed E-state index contributed by atoms with van der Waals surface area (Å²) in [5.41, 5.74) is 0. The van der Waals surface area contributed by atoms with Crippen LogP contribution in [0.3, 0.4) is 0 Å². The Bertz CT molecular complexity index is 369. The molecule has 0 saturated heterocycles. The van der Waals surface area contributed by atoms with Gasteiger partial charge >= 0.3 is 0 Å². The molecule has 0 aromatic rings. The summed E-state index contributed by atoms with van der Waals surface area (Å²) in [5, 5.41) is 5.64. The van der Waals surface area contributed by atoms with Crippen LogP contribution in [-0.4, -0.2) is 45.8 Å². The van der Waals surface area contributed by atoms with Gasteiger partial charge in [0.05, 0.1) is 12.3 Å². The first-order valence-electron chi connectivity index (χ1n) is 6.36. The monoisotopic (exact) mass is 313 g/mol. The van der Waals surface area contributed by atoms with Crippen molar-refractivity contribution in [2.45, 2.75) is 32.7 Å². The Balaban J connectivity index is 0.00000324. The first-order chi connectivity index (χ1) is 8.39. The van der Waals surface area contributed by atoms with Crippen LogP contribution in [0.25, 0.3) is 0 Å². The Morgan fingerprint density at radius 3 is 2.47 bits per heavy atom. The van der Waals surface area contributed by atoms with Gasteiger partial charge in [0, 0.05) is 12.6 Å². The highest BCUT2D eigenvalue weighted by Gasteiger charge is 2.20. The standard InChI is InChI=1S/C11H23N3O3S.ClH/c1-9(2)14-18(16,17)6-5-13-11(15)8-12-7-10-3-4-10;/h9-10,12,14H,3-8H2,1-2H3,(H,13,15);1H. The van der Waals surface area contributed by atoms with Crippen molar-refractivity contribution in [1.82, 2.24) is 15.4 Å². The van der Waals surface area contributed by atoms with Crippen LogP contribution < -0.4 is 15.4 Å².